The number of para-hydroxylation sites is 1. The van der Waals surface area contributed by atoms with E-state index in [-0.39, 0.29) is 12.5 Å². The van der Waals surface area contributed by atoms with Gasteiger partial charge in [0.1, 0.15) is 5.75 Å². The van der Waals surface area contributed by atoms with Gasteiger partial charge >= 0.3 is 5.97 Å². The van der Waals surface area contributed by atoms with Crippen LogP contribution < -0.4 is 9.64 Å². The number of hydrogen-bond donors (Lipinski definition) is 0. The molecule has 0 unspecified atom stereocenters. The quantitative estimate of drug-likeness (QED) is 0.580. The Kier molecular flexibility index (Phi) is 6.14. The van der Waals surface area contributed by atoms with Crippen LogP contribution >= 0.6 is 0 Å². The van der Waals surface area contributed by atoms with Crippen molar-refractivity contribution in [2.45, 2.75) is 0 Å². The standard InChI is InChI=1S/C19H19NO4/c1-3-12-20(16-9-5-4-6-10-16)18(21)14-24-19(22)15-8-7-11-17(13-15)23-2/h3-11,13H,1,12,14H2,2H3. The number of nitrogens with zero attached hydrogens (tertiary/aromatic N) is 1. The number of anilines is 1. The zero-order valence-corrected chi connectivity index (χ0v) is 13.5. The summed E-state index contributed by atoms with van der Waals surface area (Å²) in [6.07, 6.45) is 1.62. The topological polar surface area (TPSA) is 55.8 Å². The van der Waals surface area contributed by atoms with E-state index in [1.165, 1.54) is 12.0 Å². The van der Waals surface area contributed by atoms with E-state index in [2.05, 4.69) is 6.58 Å². The summed E-state index contributed by atoms with van der Waals surface area (Å²) in [5.74, 6) is -0.348. The molecule has 0 N–H and O–H groups in total. The Labute approximate surface area is 141 Å². The van der Waals surface area contributed by atoms with E-state index >= 15 is 0 Å². The van der Waals surface area contributed by atoms with E-state index in [0.29, 0.717) is 17.9 Å². The zero-order valence-electron chi connectivity index (χ0n) is 13.5. The van der Waals surface area contributed by atoms with Gasteiger partial charge in [0.05, 0.1) is 12.7 Å². The molecule has 5 nitrogen and oxygen atoms in total. The maximum absolute atomic E-state index is 12.4. The number of carbonyl (C=O) groups excluding carboxylic acids is 2. The highest BCUT2D eigenvalue weighted by Gasteiger charge is 2.17. The van der Waals surface area contributed by atoms with Crippen LogP contribution in [-0.2, 0) is 9.53 Å². The van der Waals surface area contributed by atoms with Crippen LogP contribution in [0.5, 0.6) is 5.75 Å². The van der Waals surface area contributed by atoms with Gasteiger partial charge in [-0.3, -0.25) is 4.79 Å². The van der Waals surface area contributed by atoms with Gasteiger partial charge in [-0.25, -0.2) is 4.79 Å². The number of methoxy groups -OCH3 is 1. The van der Waals surface area contributed by atoms with Gasteiger partial charge in [0.2, 0.25) is 0 Å². The molecule has 0 fully saturated rings. The molecule has 2 aromatic carbocycles. The molecular weight excluding hydrogens is 306 g/mol. The van der Waals surface area contributed by atoms with E-state index < -0.39 is 5.97 Å². The van der Waals surface area contributed by atoms with Crippen molar-refractivity contribution < 1.29 is 19.1 Å². The van der Waals surface area contributed by atoms with Gasteiger partial charge in [-0.05, 0) is 30.3 Å². The van der Waals surface area contributed by atoms with Gasteiger partial charge in [0.25, 0.3) is 5.91 Å². The summed E-state index contributed by atoms with van der Waals surface area (Å²) in [4.78, 5) is 25.9. The largest absolute Gasteiger partial charge is 0.497 e. The first kappa shape index (κ1) is 17.3. The highest BCUT2D eigenvalue weighted by atomic mass is 16.5. The summed E-state index contributed by atoms with van der Waals surface area (Å²) < 4.78 is 10.2. The molecule has 2 aromatic rings. The molecule has 0 radical (unpaired) electrons. The molecule has 0 spiro atoms. The first-order valence-electron chi connectivity index (χ1n) is 7.43. The van der Waals surface area contributed by atoms with Crippen molar-refractivity contribution in [3.63, 3.8) is 0 Å². The molecule has 0 aliphatic rings. The molecule has 0 aliphatic carbocycles. The number of rotatable bonds is 7. The second-order valence-corrected chi connectivity index (χ2v) is 4.94. The van der Waals surface area contributed by atoms with Gasteiger partial charge in [0, 0.05) is 12.2 Å². The molecule has 0 saturated heterocycles. The van der Waals surface area contributed by atoms with Crippen molar-refractivity contribution >= 4 is 17.6 Å². The van der Waals surface area contributed by atoms with Gasteiger partial charge in [0.15, 0.2) is 6.61 Å². The van der Waals surface area contributed by atoms with Crippen molar-refractivity contribution in [1.82, 2.24) is 0 Å². The highest BCUT2D eigenvalue weighted by Crippen LogP contribution is 2.15. The molecular formula is C19H19NO4. The van der Waals surface area contributed by atoms with Crippen molar-refractivity contribution in [3.8, 4) is 5.75 Å². The summed E-state index contributed by atoms with van der Waals surface area (Å²) in [5, 5.41) is 0. The Morgan fingerprint density at radius 2 is 1.88 bits per heavy atom. The summed E-state index contributed by atoms with van der Waals surface area (Å²) in [6, 6.07) is 15.7. The summed E-state index contributed by atoms with van der Waals surface area (Å²) in [5.41, 5.74) is 1.05. The molecule has 24 heavy (non-hydrogen) atoms. The maximum Gasteiger partial charge on any atom is 0.338 e. The van der Waals surface area contributed by atoms with Crippen LogP contribution in [0, 0.1) is 0 Å². The minimum absolute atomic E-state index is 0.322. The Hall–Kier alpha value is -3.08. The number of esters is 1. The van der Waals surface area contributed by atoms with Crippen LogP contribution in [0.3, 0.4) is 0 Å². The van der Waals surface area contributed by atoms with Crippen molar-refractivity contribution in [2.75, 3.05) is 25.2 Å². The fourth-order valence-corrected chi connectivity index (χ4v) is 2.13. The van der Waals surface area contributed by atoms with E-state index in [0.717, 1.165) is 5.69 Å². The summed E-state index contributed by atoms with van der Waals surface area (Å²) in [7, 11) is 1.51. The monoisotopic (exact) mass is 325 g/mol. The molecule has 0 aromatic heterocycles. The molecule has 5 heteroatoms. The number of benzene rings is 2. The highest BCUT2D eigenvalue weighted by molar-refractivity contribution is 5.97. The van der Waals surface area contributed by atoms with Crippen LogP contribution in [-0.4, -0.2) is 32.1 Å². The number of ether oxygens (including phenoxy) is 2. The van der Waals surface area contributed by atoms with Crippen molar-refractivity contribution in [2.24, 2.45) is 0 Å². The Morgan fingerprint density at radius 1 is 1.12 bits per heavy atom. The minimum Gasteiger partial charge on any atom is -0.497 e. The molecule has 0 bridgehead atoms. The molecule has 0 saturated carbocycles. The third-order valence-electron chi connectivity index (χ3n) is 3.31. The summed E-state index contributed by atoms with van der Waals surface area (Å²) >= 11 is 0. The smallest absolute Gasteiger partial charge is 0.338 e. The predicted octanol–water partition coefficient (Wildman–Crippen LogP) is 3.07. The zero-order chi connectivity index (χ0) is 17.4. The van der Waals surface area contributed by atoms with Crippen molar-refractivity contribution in [3.05, 3.63) is 72.8 Å². The Bertz CT molecular complexity index is 712. The predicted molar refractivity (Wildman–Crippen MR) is 92.3 cm³/mol. The van der Waals surface area contributed by atoms with E-state index in [1.807, 2.05) is 30.3 Å². The average Bonchev–Trinajstić information content (AvgIpc) is 2.64. The lowest BCUT2D eigenvalue weighted by Gasteiger charge is -2.21. The third-order valence-corrected chi connectivity index (χ3v) is 3.31. The molecule has 0 aliphatic heterocycles. The van der Waals surface area contributed by atoms with E-state index in [9.17, 15) is 9.59 Å². The van der Waals surface area contributed by atoms with E-state index in [4.69, 9.17) is 9.47 Å². The fourth-order valence-electron chi connectivity index (χ4n) is 2.13. The van der Waals surface area contributed by atoms with Crippen LogP contribution in [0.1, 0.15) is 10.4 Å². The molecule has 0 atom stereocenters. The maximum atomic E-state index is 12.4. The Balaban J connectivity index is 2.02. The van der Waals surface area contributed by atoms with Gasteiger partial charge in [-0.15, -0.1) is 6.58 Å². The second-order valence-electron chi connectivity index (χ2n) is 4.94. The van der Waals surface area contributed by atoms with Crippen LogP contribution in [0.2, 0.25) is 0 Å². The van der Waals surface area contributed by atoms with Crippen LogP contribution in [0.4, 0.5) is 5.69 Å². The van der Waals surface area contributed by atoms with Crippen LogP contribution in [0.15, 0.2) is 67.3 Å². The van der Waals surface area contributed by atoms with Gasteiger partial charge < -0.3 is 14.4 Å². The van der Waals surface area contributed by atoms with Gasteiger partial charge in [-0.2, -0.15) is 0 Å². The normalized spacial score (nSPS) is 9.88. The molecule has 124 valence electrons. The first-order chi connectivity index (χ1) is 11.7. The number of amides is 1. The lowest BCUT2D eigenvalue weighted by atomic mass is 10.2. The van der Waals surface area contributed by atoms with Gasteiger partial charge in [-0.1, -0.05) is 30.3 Å². The minimum atomic E-state index is -0.575. The lowest BCUT2D eigenvalue weighted by Crippen LogP contribution is -2.34. The van der Waals surface area contributed by atoms with E-state index in [1.54, 1.807) is 30.3 Å². The number of hydrogen-bond acceptors (Lipinski definition) is 4. The molecule has 2 rings (SSSR count). The number of carbonyl (C=O) groups is 2. The summed E-state index contributed by atoms with van der Waals surface area (Å²) in [6.45, 7) is 3.64. The van der Waals surface area contributed by atoms with Crippen LogP contribution in [0.25, 0.3) is 0 Å². The van der Waals surface area contributed by atoms with Crippen molar-refractivity contribution in [1.29, 1.82) is 0 Å². The fraction of sp³-hybridized carbons (Fsp3) is 0.158. The SMILES string of the molecule is C=CCN(C(=O)COC(=O)c1cccc(OC)c1)c1ccccc1. The molecule has 0 heterocycles. The third kappa shape index (κ3) is 4.46. The second kappa shape index (κ2) is 8.53. The lowest BCUT2D eigenvalue weighted by molar-refractivity contribution is -0.121. The Morgan fingerprint density at radius 3 is 2.54 bits per heavy atom. The first-order valence-corrected chi connectivity index (χ1v) is 7.43. The average molecular weight is 325 g/mol. The molecule has 1 amide bonds.